The average molecular weight is 236 g/mol. The van der Waals surface area contributed by atoms with Gasteiger partial charge in [-0.2, -0.15) is 4.98 Å². The number of rotatable bonds is 2. The lowest BCUT2D eigenvalue weighted by molar-refractivity contribution is 0.394. The average Bonchev–Trinajstić information content (AvgIpc) is 2.86. The quantitative estimate of drug-likeness (QED) is 0.680. The third kappa shape index (κ3) is 1.91. The molecule has 88 valence electrons. The molecule has 0 radical (unpaired) electrons. The van der Waals surface area contributed by atoms with Crippen molar-refractivity contribution in [2.45, 2.75) is 6.92 Å². The second-order valence-corrected chi connectivity index (χ2v) is 4.05. The fourth-order valence-electron chi connectivity index (χ4n) is 1.96. The zero-order valence-corrected chi connectivity index (χ0v) is 10.00. The fourth-order valence-corrected chi connectivity index (χ4v) is 1.96. The molecule has 2 aromatic carbocycles. The predicted octanol–water partition coefficient (Wildman–Crippen LogP) is 3.71. The van der Waals surface area contributed by atoms with E-state index >= 15 is 0 Å². The number of nitrogens with zero attached hydrogens (tertiary/aromatic N) is 2. The van der Waals surface area contributed by atoms with Crippen LogP contribution in [0, 0.1) is 6.92 Å². The Hall–Kier alpha value is -2.42. The van der Waals surface area contributed by atoms with E-state index < -0.39 is 0 Å². The molecule has 0 spiro atoms. The molecule has 0 fully saturated rings. The van der Waals surface area contributed by atoms with Gasteiger partial charge in [0.25, 0.3) is 0 Å². The molecule has 0 N–H and O–H groups in total. The van der Waals surface area contributed by atoms with E-state index in [0.717, 1.165) is 16.7 Å². The summed E-state index contributed by atoms with van der Waals surface area (Å²) in [5.41, 5.74) is 3.25. The van der Waals surface area contributed by atoms with E-state index in [1.807, 2.05) is 36.4 Å². The molecule has 1 heterocycles. The van der Waals surface area contributed by atoms with Crippen molar-refractivity contribution in [2.75, 3.05) is 0 Å². The zero-order valence-electron chi connectivity index (χ0n) is 10.00. The van der Waals surface area contributed by atoms with Gasteiger partial charge in [0.1, 0.15) is 0 Å². The van der Waals surface area contributed by atoms with Crippen LogP contribution >= 0.6 is 0 Å². The van der Waals surface area contributed by atoms with Gasteiger partial charge in [-0.25, -0.2) is 0 Å². The molecule has 0 amide bonds. The van der Waals surface area contributed by atoms with Gasteiger partial charge in [-0.05, 0) is 11.1 Å². The van der Waals surface area contributed by atoms with Crippen molar-refractivity contribution in [1.29, 1.82) is 0 Å². The first-order chi connectivity index (χ1) is 8.84. The molecule has 3 aromatic rings. The Labute approximate surface area is 105 Å². The minimum absolute atomic E-state index is 0.577. The van der Waals surface area contributed by atoms with Gasteiger partial charge in [-0.3, -0.25) is 0 Å². The van der Waals surface area contributed by atoms with E-state index in [9.17, 15) is 0 Å². The van der Waals surface area contributed by atoms with Crippen LogP contribution in [-0.4, -0.2) is 10.1 Å². The van der Waals surface area contributed by atoms with Gasteiger partial charge in [0.15, 0.2) is 0 Å². The molecule has 0 aliphatic heterocycles. The number of hydrogen-bond acceptors (Lipinski definition) is 3. The maximum atomic E-state index is 5.05. The highest BCUT2D eigenvalue weighted by Gasteiger charge is 2.11. The number of aryl methyl sites for hydroxylation is 1. The lowest BCUT2D eigenvalue weighted by atomic mass is 9.99. The molecule has 18 heavy (non-hydrogen) atoms. The Morgan fingerprint density at radius 3 is 2.17 bits per heavy atom. The second-order valence-electron chi connectivity index (χ2n) is 4.05. The SMILES string of the molecule is Cc1nc(-c2ccccc2-c2ccccc2)no1. The monoisotopic (exact) mass is 236 g/mol. The minimum atomic E-state index is 0.577. The van der Waals surface area contributed by atoms with Crippen molar-refractivity contribution in [2.24, 2.45) is 0 Å². The largest absolute Gasteiger partial charge is 0.339 e. The first-order valence-corrected chi connectivity index (χ1v) is 5.80. The maximum Gasteiger partial charge on any atom is 0.223 e. The maximum absolute atomic E-state index is 5.05. The first kappa shape index (κ1) is 10.7. The van der Waals surface area contributed by atoms with E-state index in [4.69, 9.17) is 4.52 Å². The normalized spacial score (nSPS) is 10.5. The molecular weight excluding hydrogens is 224 g/mol. The summed E-state index contributed by atoms with van der Waals surface area (Å²) in [6.45, 7) is 1.79. The number of benzene rings is 2. The molecule has 0 saturated carbocycles. The van der Waals surface area contributed by atoms with Gasteiger partial charge in [-0.1, -0.05) is 59.8 Å². The van der Waals surface area contributed by atoms with Gasteiger partial charge >= 0.3 is 0 Å². The summed E-state index contributed by atoms with van der Waals surface area (Å²) in [6, 6.07) is 18.3. The summed E-state index contributed by atoms with van der Waals surface area (Å²) in [5.74, 6) is 1.21. The van der Waals surface area contributed by atoms with Crippen LogP contribution in [-0.2, 0) is 0 Å². The molecule has 3 heteroatoms. The van der Waals surface area contributed by atoms with Gasteiger partial charge in [0.2, 0.25) is 11.7 Å². The Kier molecular flexibility index (Phi) is 2.65. The predicted molar refractivity (Wildman–Crippen MR) is 69.9 cm³/mol. The fraction of sp³-hybridized carbons (Fsp3) is 0.0667. The molecule has 0 saturated heterocycles. The van der Waals surface area contributed by atoms with E-state index in [1.165, 1.54) is 0 Å². The summed E-state index contributed by atoms with van der Waals surface area (Å²) >= 11 is 0. The lowest BCUT2D eigenvalue weighted by Crippen LogP contribution is -1.86. The standard InChI is InChI=1S/C15H12N2O/c1-11-16-15(17-18-11)14-10-6-5-9-13(14)12-7-3-2-4-8-12/h2-10H,1H3. The molecule has 0 aliphatic carbocycles. The van der Waals surface area contributed by atoms with Gasteiger partial charge in [0.05, 0.1) is 0 Å². The molecule has 0 aliphatic rings. The molecule has 3 rings (SSSR count). The van der Waals surface area contributed by atoms with E-state index in [2.05, 4.69) is 28.3 Å². The summed E-state index contributed by atoms with van der Waals surface area (Å²) in [5, 5.41) is 3.99. The lowest BCUT2D eigenvalue weighted by Gasteiger charge is -2.05. The first-order valence-electron chi connectivity index (χ1n) is 5.80. The van der Waals surface area contributed by atoms with Gasteiger partial charge < -0.3 is 4.52 Å². The highest BCUT2D eigenvalue weighted by atomic mass is 16.5. The molecule has 3 nitrogen and oxygen atoms in total. The van der Waals surface area contributed by atoms with Crippen molar-refractivity contribution < 1.29 is 4.52 Å². The molecule has 1 aromatic heterocycles. The number of hydrogen-bond donors (Lipinski definition) is 0. The van der Waals surface area contributed by atoms with Crippen LogP contribution in [0.15, 0.2) is 59.1 Å². The van der Waals surface area contributed by atoms with Crippen LogP contribution in [0.5, 0.6) is 0 Å². The van der Waals surface area contributed by atoms with Crippen molar-refractivity contribution >= 4 is 0 Å². The smallest absolute Gasteiger partial charge is 0.223 e. The number of aromatic nitrogens is 2. The van der Waals surface area contributed by atoms with Crippen LogP contribution in [0.4, 0.5) is 0 Å². The summed E-state index contributed by atoms with van der Waals surface area (Å²) in [4.78, 5) is 4.29. The van der Waals surface area contributed by atoms with Crippen LogP contribution in [0.3, 0.4) is 0 Å². The Balaban J connectivity index is 2.17. The van der Waals surface area contributed by atoms with Crippen molar-refractivity contribution in [3.63, 3.8) is 0 Å². The van der Waals surface area contributed by atoms with Crippen LogP contribution in [0.25, 0.3) is 22.5 Å². The van der Waals surface area contributed by atoms with E-state index in [1.54, 1.807) is 6.92 Å². The minimum Gasteiger partial charge on any atom is -0.339 e. The topological polar surface area (TPSA) is 38.9 Å². The highest BCUT2D eigenvalue weighted by molar-refractivity contribution is 5.80. The summed E-state index contributed by atoms with van der Waals surface area (Å²) < 4.78 is 5.05. The molecule has 0 bridgehead atoms. The second kappa shape index (κ2) is 4.45. The van der Waals surface area contributed by atoms with Crippen LogP contribution < -0.4 is 0 Å². The van der Waals surface area contributed by atoms with Crippen molar-refractivity contribution in [3.8, 4) is 22.5 Å². The van der Waals surface area contributed by atoms with Gasteiger partial charge in [-0.15, -0.1) is 0 Å². The van der Waals surface area contributed by atoms with Crippen molar-refractivity contribution in [3.05, 3.63) is 60.5 Å². The van der Waals surface area contributed by atoms with E-state index in [-0.39, 0.29) is 0 Å². The molecule has 0 unspecified atom stereocenters. The molecular formula is C15H12N2O. The highest BCUT2D eigenvalue weighted by Crippen LogP contribution is 2.29. The Morgan fingerprint density at radius 1 is 0.833 bits per heavy atom. The van der Waals surface area contributed by atoms with Crippen LogP contribution in [0.2, 0.25) is 0 Å². The van der Waals surface area contributed by atoms with Crippen LogP contribution in [0.1, 0.15) is 5.89 Å². The third-order valence-corrected chi connectivity index (χ3v) is 2.78. The third-order valence-electron chi connectivity index (χ3n) is 2.78. The summed E-state index contributed by atoms with van der Waals surface area (Å²) in [6.07, 6.45) is 0. The van der Waals surface area contributed by atoms with E-state index in [0.29, 0.717) is 11.7 Å². The Bertz CT molecular complexity index is 659. The summed E-state index contributed by atoms with van der Waals surface area (Å²) in [7, 11) is 0. The zero-order chi connectivity index (χ0) is 12.4. The Morgan fingerprint density at radius 2 is 1.50 bits per heavy atom. The van der Waals surface area contributed by atoms with Crippen molar-refractivity contribution in [1.82, 2.24) is 10.1 Å². The van der Waals surface area contributed by atoms with Gasteiger partial charge in [0, 0.05) is 12.5 Å². The molecule has 0 atom stereocenters.